The molecule has 0 bridgehead atoms. The number of aromatic nitrogens is 5. The number of hydrogen-bond acceptors (Lipinski definition) is 6. The van der Waals surface area contributed by atoms with Gasteiger partial charge in [-0.15, -0.1) is 0 Å². The second-order valence-corrected chi connectivity index (χ2v) is 6.05. The molecule has 0 aromatic carbocycles. The highest BCUT2D eigenvalue weighted by atomic mass is 19.4. The number of nitrogens with one attached hydrogen (secondary N) is 1. The molecule has 3 aromatic rings. The van der Waals surface area contributed by atoms with E-state index in [0.717, 1.165) is 5.69 Å². The van der Waals surface area contributed by atoms with Gasteiger partial charge in [0.2, 0.25) is 5.82 Å². The molecule has 0 saturated carbocycles. The molecule has 1 N–H and O–H groups in total. The van der Waals surface area contributed by atoms with E-state index in [0.29, 0.717) is 38.2 Å². The lowest BCUT2D eigenvalue weighted by Gasteiger charge is -2.35. The van der Waals surface area contributed by atoms with Crippen molar-refractivity contribution in [3.63, 3.8) is 0 Å². The first kappa shape index (κ1) is 16.7. The summed E-state index contributed by atoms with van der Waals surface area (Å²) in [6.45, 7) is 3.26. The van der Waals surface area contributed by atoms with E-state index in [1.165, 1.54) is 6.33 Å². The molecule has 26 heavy (non-hydrogen) atoms. The zero-order valence-electron chi connectivity index (χ0n) is 13.7. The topological polar surface area (TPSA) is 73.8 Å². The maximum Gasteiger partial charge on any atom is 0.451 e. The molecule has 0 aliphatic carbocycles. The Hall–Kier alpha value is -2.75. The number of anilines is 1. The molecule has 4 heterocycles. The summed E-state index contributed by atoms with van der Waals surface area (Å²) in [4.78, 5) is 22.4. The highest BCUT2D eigenvalue weighted by molar-refractivity contribution is 5.83. The van der Waals surface area contributed by atoms with E-state index in [9.17, 15) is 13.2 Å². The smallest absolute Gasteiger partial charge is 0.352 e. The molecule has 0 unspecified atom stereocenters. The van der Waals surface area contributed by atoms with Crippen molar-refractivity contribution in [1.29, 1.82) is 0 Å². The summed E-state index contributed by atoms with van der Waals surface area (Å²) in [5, 5.41) is 0. The minimum atomic E-state index is -4.61. The van der Waals surface area contributed by atoms with Crippen LogP contribution in [0.5, 0.6) is 0 Å². The van der Waals surface area contributed by atoms with Crippen LogP contribution in [0, 0.1) is 0 Å². The number of imidazole rings is 1. The third-order valence-electron chi connectivity index (χ3n) is 4.30. The van der Waals surface area contributed by atoms with Crippen molar-refractivity contribution in [3.8, 4) is 0 Å². The molecule has 10 heteroatoms. The van der Waals surface area contributed by atoms with Crippen LogP contribution in [0.3, 0.4) is 0 Å². The van der Waals surface area contributed by atoms with Crippen LogP contribution >= 0.6 is 0 Å². The Bertz CT molecular complexity index is 886. The Balaban J connectivity index is 1.53. The number of piperazine rings is 1. The van der Waals surface area contributed by atoms with Crippen LogP contribution in [0.15, 0.2) is 30.7 Å². The van der Waals surface area contributed by atoms with E-state index >= 15 is 0 Å². The summed E-state index contributed by atoms with van der Waals surface area (Å²) in [5.74, 6) is -0.916. The van der Waals surface area contributed by atoms with Gasteiger partial charge in [0.05, 0.1) is 12.0 Å². The number of halogens is 3. The molecule has 0 spiro atoms. The Morgan fingerprint density at radius 3 is 2.54 bits per heavy atom. The zero-order chi connectivity index (χ0) is 18.1. The molecule has 0 radical (unpaired) electrons. The molecular formula is C16H16F3N7. The summed E-state index contributed by atoms with van der Waals surface area (Å²) in [6, 6.07) is 5.76. The van der Waals surface area contributed by atoms with Gasteiger partial charge in [0.15, 0.2) is 11.5 Å². The highest BCUT2D eigenvalue weighted by Crippen LogP contribution is 2.30. The fourth-order valence-corrected chi connectivity index (χ4v) is 3.01. The van der Waals surface area contributed by atoms with Crippen LogP contribution in [-0.4, -0.2) is 56.0 Å². The maximum atomic E-state index is 13.1. The SMILES string of the molecule is FC(F)(F)c1nc(N2CCN(Cc3ccccn3)CC2)c2[nH]cnc2n1. The van der Waals surface area contributed by atoms with Gasteiger partial charge in [-0.3, -0.25) is 9.88 Å². The number of aromatic amines is 1. The van der Waals surface area contributed by atoms with Crippen LogP contribution < -0.4 is 4.90 Å². The van der Waals surface area contributed by atoms with Crippen molar-refractivity contribution in [2.75, 3.05) is 31.1 Å². The Kier molecular flexibility index (Phi) is 4.19. The first-order valence-corrected chi connectivity index (χ1v) is 8.16. The largest absolute Gasteiger partial charge is 0.451 e. The average molecular weight is 363 g/mol. The molecule has 3 aromatic heterocycles. The van der Waals surface area contributed by atoms with Gasteiger partial charge in [0.1, 0.15) is 5.52 Å². The van der Waals surface area contributed by atoms with Crippen LogP contribution in [0.25, 0.3) is 11.2 Å². The molecule has 136 valence electrons. The summed E-state index contributed by atoms with van der Waals surface area (Å²) >= 11 is 0. The van der Waals surface area contributed by atoms with Crippen molar-refractivity contribution in [3.05, 3.63) is 42.2 Å². The molecule has 1 aliphatic rings. The third kappa shape index (κ3) is 3.32. The van der Waals surface area contributed by atoms with E-state index in [-0.39, 0.29) is 11.5 Å². The molecule has 1 aliphatic heterocycles. The first-order valence-electron chi connectivity index (χ1n) is 8.16. The van der Waals surface area contributed by atoms with E-state index in [2.05, 4.69) is 29.8 Å². The molecular weight excluding hydrogens is 347 g/mol. The van der Waals surface area contributed by atoms with Crippen LogP contribution in [0.1, 0.15) is 11.5 Å². The van der Waals surface area contributed by atoms with Gasteiger partial charge in [0.25, 0.3) is 0 Å². The molecule has 4 rings (SSSR count). The quantitative estimate of drug-likeness (QED) is 0.768. The molecule has 0 amide bonds. The summed E-state index contributed by atoms with van der Waals surface area (Å²) in [7, 11) is 0. The van der Waals surface area contributed by atoms with Crippen molar-refractivity contribution in [2.45, 2.75) is 12.7 Å². The summed E-state index contributed by atoms with van der Waals surface area (Å²) in [6.07, 6.45) is -1.52. The lowest BCUT2D eigenvalue weighted by molar-refractivity contribution is -0.144. The fraction of sp³-hybridized carbons (Fsp3) is 0.375. The van der Waals surface area contributed by atoms with Gasteiger partial charge < -0.3 is 9.88 Å². The average Bonchev–Trinajstić information content (AvgIpc) is 3.10. The van der Waals surface area contributed by atoms with Gasteiger partial charge in [-0.25, -0.2) is 15.0 Å². The van der Waals surface area contributed by atoms with Crippen LogP contribution in [-0.2, 0) is 12.7 Å². The van der Waals surface area contributed by atoms with Crippen molar-refractivity contribution < 1.29 is 13.2 Å². The van der Waals surface area contributed by atoms with E-state index in [4.69, 9.17) is 0 Å². The minimum Gasteiger partial charge on any atom is -0.352 e. The predicted molar refractivity (Wildman–Crippen MR) is 88.4 cm³/mol. The number of nitrogens with zero attached hydrogens (tertiary/aromatic N) is 6. The molecule has 7 nitrogen and oxygen atoms in total. The summed E-state index contributed by atoms with van der Waals surface area (Å²) in [5.41, 5.74) is 1.42. The fourth-order valence-electron chi connectivity index (χ4n) is 3.01. The number of pyridine rings is 1. The van der Waals surface area contributed by atoms with Gasteiger partial charge in [-0.1, -0.05) is 6.07 Å². The zero-order valence-corrected chi connectivity index (χ0v) is 13.7. The molecule has 0 atom stereocenters. The van der Waals surface area contributed by atoms with Gasteiger partial charge in [0, 0.05) is 38.9 Å². The van der Waals surface area contributed by atoms with Crippen LogP contribution in [0.2, 0.25) is 0 Å². The Morgan fingerprint density at radius 2 is 1.85 bits per heavy atom. The highest BCUT2D eigenvalue weighted by Gasteiger charge is 2.36. The standard InChI is InChI=1S/C16H16F3N7/c17-16(18,19)15-23-13-12(21-10-22-13)14(24-15)26-7-5-25(6-8-26)9-11-3-1-2-4-20-11/h1-4,10H,5-9H2,(H,21,22,23,24). The van der Waals surface area contributed by atoms with E-state index in [1.54, 1.807) is 6.20 Å². The number of fused-ring (bicyclic) bond motifs is 1. The molecule has 1 fully saturated rings. The number of alkyl halides is 3. The lowest BCUT2D eigenvalue weighted by Crippen LogP contribution is -2.46. The molecule has 1 saturated heterocycles. The van der Waals surface area contributed by atoms with Crippen molar-refractivity contribution >= 4 is 17.0 Å². The second-order valence-electron chi connectivity index (χ2n) is 6.05. The monoisotopic (exact) mass is 363 g/mol. The lowest BCUT2D eigenvalue weighted by atomic mass is 10.2. The second kappa shape index (κ2) is 6.52. The normalized spacial score (nSPS) is 16.3. The van der Waals surface area contributed by atoms with E-state index < -0.39 is 12.0 Å². The Morgan fingerprint density at radius 1 is 1.04 bits per heavy atom. The van der Waals surface area contributed by atoms with Gasteiger partial charge in [-0.05, 0) is 12.1 Å². The number of H-pyrrole nitrogens is 1. The van der Waals surface area contributed by atoms with Crippen LogP contribution in [0.4, 0.5) is 19.0 Å². The van der Waals surface area contributed by atoms with E-state index in [1.807, 2.05) is 23.1 Å². The predicted octanol–water partition coefficient (Wildman–Crippen LogP) is 2.09. The van der Waals surface area contributed by atoms with Crippen molar-refractivity contribution in [2.24, 2.45) is 0 Å². The minimum absolute atomic E-state index is 0.0261. The first-order chi connectivity index (χ1) is 12.5. The van der Waals surface area contributed by atoms with Gasteiger partial charge >= 0.3 is 6.18 Å². The van der Waals surface area contributed by atoms with Crippen molar-refractivity contribution in [1.82, 2.24) is 29.8 Å². The number of rotatable bonds is 3. The Labute approximate surface area is 146 Å². The summed E-state index contributed by atoms with van der Waals surface area (Å²) < 4.78 is 39.2. The third-order valence-corrected chi connectivity index (χ3v) is 4.30. The number of hydrogen-bond donors (Lipinski definition) is 1. The maximum absolute atomic E-state index is 13.1. The van der Waals surface area contributed by atoms with Gasteiger partial charge in [-0.2, -0.15) is 13.2 Å².